The van der Waals surface area contributed by atoms with E-state index in [0.29, 0.717) is 37.1 Å². The monoisotopic (exact) mass is 376 g/mol. The van der Waals surface area contributed by atoms with E-state index in [9.17, 15) is 14.9 Å². The number of nitro groups is 1. The van der Waals surface area contributed by atoms with E-state index >= 15 is 0 Å². The van der Waals surface area contributed by atoms with E-state index in [1.807, 2.05) is 0 Å². The molecule has 1 aliphatic carbocycles. The SMILES string of the molecule is CC(C)N(CCCCOC(=O)C1(c2cccc([N+](=O)[O-])c2)CCC1)C(C)C. The molecule has 2 rings (SSSR count). The molecule has 1 fully saturated rings. The number of benzene rings is 1. The Morgan fingerprint density at radius 3 is 2.41 bits per heavy atom. The number of carbonyl (C=O) groups excluding carboxylic acids is 1. The maximum absolute atomic E-state index is 12.7. The molecule has 0 atom stereocenters. The summed E-state index contributed by atoms with van der Waals surface area (Å²) < 4.78 is 5.58. The number of carbonyl (C=O) groups is 1. The van der Waals surface area contributed by atoms with Crippen molar-refractivity contribution in [3.05, 3.63) is 39.9 Å². The number of esters is 1. The molecule has 0 spiro atoms. The fraction of sp³-hybridized carbons (Fsp3) is 0.667. The maximum Gasteiger partial charge on any atom is 0.316 e. The smallest absolute Gasteiger partial charge is 0.316 e. The van der Waals surface area contributed by atoms with Gasteiger partial charge in [-0.1, -0.05) is 18.6 Å². The summed E-state index contributed by atoms with van der Waals surface area (Å²) in [5.74, 6) is -0.237. The summed E-state index contributed by atoms with van der Waals surface area (Å²) in [6, 6.07) is 7.42. The van der Waals surface area contributed by atoms with Gasteiger partial charge in [0.2, 0.25) is 0 Å². The fourth-order valence-electron chi connectivity index (χ4n) is 3.87. The summed E-state index contributed by atoms with van der Waals surface area (Å²) >= 11 is 0. The number of nitro benzene ring substituents is 1. The van der Waals surface area contributed by atoms with Crippen LogP contribution < -0.4 is 0 Å². The van der Waals surface area contributed by atoms with Crippen LogP contribution in [0.2, 0.25) is 0 Å². The molecule has 1 aromatic rings. The van der Waals surface area contributed by atoms with Gasteiger partial charge in [0.15, 0.2) is 0 Å². The summed E-state index contributed by atoms with van der Waals surface area (Å²) in [4.78, 5) is 25.8. The van der Waals surface area contributed by atoms with E-state index in [1.165, 1.54) is 12.1 Å². The minimum Gasteiger partial charge on any atom is -0.465 e. The van der Waals surface area contributed by atoms with Crippen LogP contribution in [0.1, 0.15) is 65.4 Å². The van der Waals surface area contributed by atoms with Crippen LogP contribution in [0.3, 0.4) is 0 Å². The van der Waals surface area contributed by atoms with E-state index in [4.69, 9.17) is 4.74 Å². The highest BCUT2D eigenvalue weighted by Gasteiger charge is 2.47. The summed E-state index contributed by atoms with van der Waals surface area (Å²) in [5, 5.41) is 11.0. The van der Waals surface area contributed by atoms with Gasteiger partial charge in [-0.15, -0.1) is 0 Å². The molecule has 0 amide bonds. The van der Waals surface area contributed by atoms with Gasteiger partial charge in [0.25, 0.3) is 5.69 Å². The largest absolute Gasteiger partial charge is 0.465 e. The van der Waals surface area contributed by atoms with Gasteiger partial charge in [-0.25, -0.2) is 0 Å². The molecule has 0 aromatic heterocycles. The summed E-state index contributed by atoms with van der Waals surface area (Å²) in [6.45, 7) is 10.2. The van der Waals surface area contributed by atoms with Crippen LogP contribution >= 0.6 is 0 Å². The minimum absolute atomic E-state index is 0.0223. The van der Waals surface area contributed by atoms with Gasteiger partial charge in [0.1, 0.15) is 0 Å². The number of hydrogen-bond acceptors (Lipinski definition) is 5. The molecule has 6 nitrogen and oxygen atoms in total. The lowest BCUT2D eigenvalue weighted by molar-refractivity contribution is -0.385. The number of unbranched alkanes of at least 4 members (excludes halogenated alkanes) is 1. The highest BCUT2D eigenvalue weighted by atomic mass is 16.6. The van der Waals surface area contributed by atoms with E-state index in [2.05, 4.69) is 32.6 Å². The predicted octanol–water partition coefficient (Wildman–Crippen LogP) is 4.46. The molecule has 0 N–H and O–H groups in total. The van der Waals surface area contributed by atoms with Crippen molar-refractivity contribution in [2.45, 2.75) is 77.3 Å². The van der Waals surface area contributed by atoms with Crippen molar-refractivity contribution < 1.29 is 14.5 Å². The van der Waals surface area contributed by atoms with Crippen LogP contribution in [0.5, 0.6) is 0 Å². The van der Waals surface area contributed by atoms with Crippen molar-refractivity contribution in [1.82, 2.24) is 4.90 Å². The number of rotatable bonds is 10. The topological polar surface area (TPSA) is 72.7 Å². The van der Waals surface area contributed by atoms with Crippen molar-refractivity contribution >= 4 is 11.7 Å². The summed E-state index contributed by atoms with van der Waals surface area (Å²) in [6.07, 6.45) is 4.14. The highest BCUT2D eigenvalue weighted by Crippen LogP contribution is 2.45. The fourth-order valence-corrected chi connectivity index (χ4v) is 3.87. The number of ether oxygens (including phenoxy) is 1. The standard InChI is InChI=1S/C21H32N2O4/c1-16(2)22(17(3)4)13-5-6-14-27-20(24)21(11-8-12-21)18-9-7-10-19(15-18)23(25)26/h7,9-10,15-17H,5-6,8,11-14H2,1-4H3. The molecule has 0 radical (unpaired) electrons. The van der Waals surface area contributed by atoms with Crippen molar-refractivity contribution in [1.29, 1.82) is 0 Å². The lowest BCUT2D eigenvalue weighted by Crippen LogP contribution is -2.43. The normalized spacial score (nSPS) is 15.8. The average molecular weight is 376 g/mol. The molecule has 0 aliphatic heterocycles. The Bertz CT molecular complexity index is 645. The molecule has 6 heteroatoms. The summed E-state index contributed by atoms with van der Waals surface area (Å²) in [7, 11) is 0. The first-order valence-corrected chi connectivity index (χ1v) is 9.96. The van der Waals surface area contributed by atoms with Crippen LogP contribution in [0.25, 0.3) is 0 Å². The van der Waals surface area contributed by atoms with Crippen LogP contribution in [0.4, 0.5) is 5.69 Å². The van der Waals surface area contributed by atoms with Crippen LogP contribution in [0, 0.1) is 10.1 Å². The number of hydrogen-bond donors (Lipinski definition) is 0. The van der Waals surface area contributed by atoms with Gasteiger partial charge in [0.05, 0.1) is 16.9 Å². The Labute approximate surface area is 162 Å². The van der Waals surface area contributed by atoms with Crippen molar-refractivity contribution in [2.24, 2.45) is 0 Å². The Hall–Kier alpha value is -1.95. The molecular weight excluding hydrogens is 344 g/mol. The maximum atomic E-state index is 12.7. The van der Waals surface area contributed by atoms with Gasteiger partial charge in [-0.3, -0.25) is 19.8 Å². The number of non-ortho nitro benzene ring substituents is 1. The van der Waals surface area contributed by atoms with Gasteiger partial charge in [-0.05, 0) is 65.5 Å². The van der Waals surface area contributed by atoms with E-state index < -0.39 is 10.3 Å². The second-order valence-electron chi connectivity index (χ2n) is 8.01. The zero-order valence-electron chi connectivity index (χ0n) is 16.9. The average Bonchev–Trinajstić information content (AvgIpc) is 2.56. The number of nitrogens with zero attached hydrogens (tertiary/aromatic N) is 2. The lowest BCUT2D eigenvalue weighted by Gasteiger charge is -2.39. The molecule has 1 saturated carbocycles. The molecule has 150 valence electrons. The highest BCUT2D eigenvalue weighted by molar-refractivity contribution is 5.84. The molecule has 0 unspecified atom stereocenters. The molecule has 1 aliphatic rings. The Balaban J connectivity index is 1.89. The third-order valence-electron chi connectivity index (χ3n) is 5.58. The van der Waals surface area contributed by atoms with E-state index in [1.54, 1.807) is 12.1 Å². The minimum atomic E-state index is -0.700. The third-order valence-corrected chi connectivity index (χ3v) is 5.58. The predicted molar refractivity (Wildman–Crippen MR) is 106 cm³/mol. The molecule has 0 heterocycles. The van der Waals surface area contributed by atoms with E-state index in [-0.39, 0.29) is 11.7 Å². The zero-order chi connectivity index (χ0) is 20.0. The summed E-state index contributed by atoms with van der Waals surface area (Å²) in [5.41, 5.74) is 0.0289. The molecular formula is C21H32N2O4. The second kappa shape index (κ2) is 9.31. The molecule has 0 saturated heterocycles. The first-order valence-electron chi connectivity index (χ1n) is 9.96. The lowest BCUT2D eigenvalue weighted by atomic mass is 9.64. The van der Waals surface area contributed by atoms with Gasteiger partial charge < -0.3 is 4.74 Å². The van der Waals surface area contributed by atoms with Crippen molar-refractivity contribution in [2.75, 3.05) is 13.2 Å². The Morgan fingerprint density at radius 2 is 1.89 bits per heavy atom. The van der Waals surface area contributed by atoms with E-state index in [0.717, 1.165) is 25.8 Å². The first kappa shape index (κ1) is 21.4. The van der Waals surface area contributed by atoms with Crippen LogP contribution in [-0.4, -0.2) is 41.0 Å². The quantitative estimate of drug-likeness (QED) is 0.261. The Kier molecular flexibility index (Phi) is 7.36. The first-order chi connectivity index (χ1) is 12.8. The van der Waals surface area contributed by atoms with Gasteiger partial charge in [0, 0.05) is 24.2 Å². The Morgan fingerprint density at radius 1 is 1.22 bits per heavy atom. The third kappa shape index (κ3) is 5.06. The van der Waals surface area contributed by atoms with Gasteiger partial charge >= 0.3 is 5.97 Å². The van der Waals surface area contributed by atoms with Crippen LogP contribution in [-0.2, 0) is 14.9 Å². The van der Waals surface area contributed by atoms with Gasteiger partial charge in [-0.2, -0.15) is 0 Å². The molecule has 27 heavy (non-hydrogen) atoms. The zero-order valence-corrected chi connectivity index (χ0v) is 16.9. The van der Waals surface area contributed by atoms with Crippen molar-refractivity contribution in [3.63, 3.8) is 0 Å². The molecule has 0 bridgehead atoms. The van der Waals surface area contributed by atoms with Crippen molar-refractivity contribution in [3.8, 4) is 0 Å². The second-order valence-corrected chi connectivity index (χ2v) is 8.01. The van der Waals surface area contributed by atoms with Crippen LogP contribution in [0.15, 0.2) is 24.3 Å². The molecule has 1 aromatic carbocycles.